The van der Waals surface area contributed by atoms with Gasteiger partial charge in [0.2, 0.25) is 11.0 Å². The minimum Gasteiger partial charge on any atom is -0.457 e. The minimum absolute atomic E-state index is 0.180. The number of rotatable bonds is 8. The van der Waals surface area contributed by atoms with Crippen LogP contribution in [-0.4, -0.2) is 31.8 Å². The Labute approximate surface area is 201 Å². The summed E-state index contributed by atoms with van der Waals surface area (Å²) in [7, 11) is 0. The molecule has 0 saturated heterocycles. The molecule has 34 heavy (non-hydrogen) atoms. The van der Waals surface area contributed by atoms with E-state index < -0.39 is 0 Å². The quantitative estimate of drug-likeness (QED) is 0.226. The van der Waals surface area contributed by atoms with Crippen molar-refractivity contribution in [3.8, 4) is 11.5 Å². The van der Waals surface area contributed by atoms with E-state index in [0.717, 1.165) is 17.2 Å². The van der Waals surface area contributed by atoms with Crippen LogP contribution < -0.4 is 21.1 Å². The third kappa shape index (κ3) is 5.45. The van der Waals surface area contributed by atoms with Crippen molar-refractivity contribution in [3.63, 3.8) is 0 Å². The Kier molecular flexibility index (Phi) is 6.27. The molecule has 1 amide bonds. The van der Waals surface area contributed by atoms with Crippen LogP contribution in [0.1, 0.15) is 0 Å². The van der Waals surface area contributed by atoms with Gasteiger partial charge in [0, 0.05) is 11.4 Å². The summed E-state index contributed by atoms with van der Waals surface area (Å²) < 4.78 is 6.47. The first kappa shape index (κ1) is 21.7. The monoisotopic (exact) mass is 490 g/mol. The summed E-state index contributed by atoms with van der Waals surface area (Å²) in [5, 5.41) is 14.9. The van der Waals surface area contributed by atoms with Crippen LogP contribution in [0.15, 0.2) is 81.9 Å². The number of carbonyl (C=O) groups excluding carboxylic acids is 1. The number of fused-ring (bicyclic) bond motifs is 1. The van der Waals surface area contributed by atoms with Crippen LogP contribution in [0.2, 0.25) is 0 Å². The summed E-state index contributed by atoms with van der Waals surface area (Å²) in [6.45, 7) is 0. The molecule has 0 saturated carbocycles. The maximum Gasteiger partial charge on any atom is 0.323 e. The molecule has 0 radical (unpaired) electrons. The lowest BCUT2D eigenvalue weighted by Gasteiger charge is -2.07. The van der Waals surface area contributed by atoms with Gasteiger partial charge < -0.3 is 25.3 Å². The fraction of sp³-hybridized carbons (Fsp3) is 0.0435. The summed E-state index contributed by atoms with van der Waals surface area (Å²) in [5.74, 6) is 1.51. The standard InChI is InChI=1S/C23H18N6O3S2/c30-20(24-15-8-11-18-19(12-15)27-21(31)26-18)13-33-23-29-28-22(34-23)25-14-6-9-17(10-7-14)32-16-4-2-1-3-5-16/h1-12H,13H2,(H,24,30)(H,25,28)(H2,26,27,31). The number of ether oxygens (including phenoxy) is 1. The Morgan fingerprint density at radius 3 is 2.47 bits per heavy atom. The Morgan fingerprint density at radius 1 is 0.912 bits per heavy atom. The SMILES string of the molecule is O=C(CSc1nnc(Nc2ccc(Oc3ccccc3)cc2)s1)Nc1ccc2[nH]c(=O)[nH]c2c1. The summed E-state index contributed by atoms with van der Waals surface area (Å²) in [5.41, 5.74) is 2.49. The van der Waals surface area contributed by atoms with Gasteiger partial charge in [-0.25, -0.2) is 4.79 Å². The number of hydrogen-bond donors (Lipinski definition) is 4. The van der Waals surface area contributed by atoms with E-state index in [1.165, 1.54) is 23.1 Å². The molecule has 2 heterocycles. The van der Waals surface area contributed by atoms with Gasteiger partial charge >= 0.3 is 5.69 Å². The summed E-state index contributed by atoms with van der Waals surface area (Å²) >= 11 is 2.66. The predicted octanol–water partition coefficient (Wildman–Crippen LogP) is 4.97. The first-order valence-electron chi connectivity index (χ1n) is 10.2. The van der Waals surface area contributed by atoms with Crippen molar-refractivity contribution in [1.82, 2.24) is 20.2 Å². The first-order valence-corrected chi connectivity index (χ1v) is 12.0. The molecule has 0 aliphatic heterocycles. The van der Waals surface area contributed by atoms with Crippen LogP contribution in [-0.2, 0) is 4.79 Å². The number of para-hydroxylation sites is 1. The van der Waals surface area contributed by atoms with Gasteiger partial charge in [-0.15, -0.1) is 10.2 Å². The molecule has 2 aromatic heterocycles. The second kappa shape index (κ2) is 9.81. The third-order valence-electron chi connectivity index (χ3n) is 4.62. The topological polar surface area (TPSA) is 125 Å². The second-order valence-corrected chi connectivity index (χ2v) is 9.31. The fourth-order valence-corrected chi connectivity index (χ4v) is 4.68. The van der Waals surface area contributed by atoms with E-state index >= 15 is 0 Å². The first-order chi connectivity index (χ1) is 16.6. The van der Waals surface area contributed by atoms with Crippen LogP contribution in [0.25, 0.3) is 11.0 Å². The molecule has 5 aromatic rings. The zero-order chi connectivity index (χ0) is 23.3. The van der Waals surface area contributed by atoms with Gasteiger partial charge in [-0.05, 0) is 54.6 Å². The molecule has 0 bridgehead atoms. The zero-order valence-electron chi connectivity index (χ0n) is 17.6. The number of nitrogens with one attached hydrogen (secondary N) is 4. The molecule has 11 heteroatoms. The summed E-state index contributed by atoms with van der Waals surface area (Å²) in [4.78, 5) is 29.0. The van der Waals surface area contributed by atoms with Gasteiger partial charge in [0.15, 0.2) is 4.34 Å². The molecule has 0 spiro atoms. The number of thioether (sulfide) groups is 1. The van der Waals surface area contributed by atoms with E-state index in [2.05, 4.69) is 30.8 Å². The number of H-pyrrole nitrogens is 2. The normalized spacial score (nSPS) is 10.8. The van der Waals surface area contributed by atoms with Crippen molar-refractivity contribution in [3.05, 3.63) is 83.3 Å². The van der Waals surface area contributed by atoms with Crippen LogP contribution in [0.4, 0.5) is 16.5 Å². The number of benzene rings is 3. The molecular weight excluding hydrogens is 472 g/mol. The second-order valence-electron chi connectivity index (χ2n) is 7.11. The smallest absolute Gasteiger partial charge is 0.323 e. The molecule has 9 nitrogen and oxygen atoms in total. The van der Waals surface area contributed by atoms with Crippen molar-refractivity contribution in [2.24, 2.45) is 0 Å². The van der Waals surface area contributed by atoms with Crippen LogP contribution in [0, 0.1) is 0 Å². The van der Waals surface area contributed by atoms with Gasteiger partial charge in [-0.1, -0.05) is 41.3 Å². The molecule has 0 aliphatic carbocycles. The number of nitrogens with zero attached hydrogens (tertiary/aromatic N) is 2. The lowest BCUT2D eigenvalue weighted by molar-refractivity contribution is -0.113. The predicted molar refractivity (Wildman–Crippen MR) is 134 cm³/mol. The lowest BCUT2D eigenvalue weighted by Crippen LogP contribution is -2.13. The molecule has 0 unspecified atom stereocenters. The average Bonchev–Trinajstić information content (AvgIpc) is 3.44. The Morgan fingerprint density at radius 2 is 1.65 bits per heavy atom. The highest BCUT2D eigenvalue weighted by Crippen LogP contribution is 2.29. The lowest BCUT2D eigenvalue weighted by atomic mass is 10.3. The van der Waals surface area contributed by atoms with Crippen molar-refractivity contribution in [2.75, 3.05) is 16.4 Å². The molecule has 0 fully saturated rings. The molecule has 5 rings (SSSR count). The summed E-state index contributed by atoms with van der Waals surface area (Å²) in [6.07, 6.45) is 0. The van der Waals surface area contributed by atoms with Crippen LogP contribution in [0.3, 0.4) is 0 Å². The van der Waals surface area contributed by atoms with Gasteiger partial charge in [0.05, 0.1) is 16.8 Å². The van der Waals surface area contributed by atoms with Crippen LogP contribution >= 0.6 is 23.1 Å². The number of imidazole rings is 1. The zero-order valence-corrected chi connectivity index (χ0v) is 19.2. The average molecular weight is 491 g/mol. The van der Waals surface area contributed by atoms with Gasteiger partial charge in [-0.2, -0.15) is 0 Å². The Balaban J connectivity index is 1.12. The number of carbonyl (C=O) groups is 1. The highest BCUT2D eigenvalue weighted by molar-refractivity contribution is 8.01. The van der Waals surface area contributed by atoms with Crippen LogP contribution in [0.5, 0.6) is 11.5 Å². The number of aromatic nitrogens is 4. The largest absolute Gasteiger partial charge is 0.457 e. The van der Waals surface area contributed by atoms with E-state index in [0.29, 0.717) is 26.2 Å². The van der Waals surface area contributed by atoms with E-state index in [-0.39, 0.29) is 17.3 Å². The van der Waals surface area contributed by atoms with Crippen molar-refractivity contribution in [1.29, 1.82) is 0 Å². The fourth-order valence-electron chi connectivity index (χ4n) is 3.11. The maximum atomic E-state index is 12.3. The summed E-state index contributed by atoms with van der Waals surface area (Å²) in [6, 6.07) is 22.3. The van der Waals surface area contributed by atoms with Crippen molar-refractivity contribution in [2.45, 2.75) is 4.34 Å². The van der Waals surface area contributed by atoms with Crippen molar-refractivity contribution < 1.29 is 9.53 Å². The van der Waals surface area contributed by atoms with E-state index in [9.17, 15) is 9.59 Å². The molecule has 0 aliphatic rings. The number of hydrogen-bond acceptors (Lipinski definition) is 8. The molecule has 4 N–H and O–H groups in total. The van der Waals surface area contributed by atoms with E-state index in [1.807, 2.05) is 54.6 Å². The van der Waals surface area contributed by atoms with Gasteiger partial charge in [0.1, 0.15) is 11.5 Å². The third-order valence-corrected chi connectivity index (χ3v) is 6.59. The van der Waals surface area contributed by atoms with E-state index in [4.69, 9.17) is 4.74 Å². The number of amides is 1. The molecule has 170 valence electrons. The number of anilines is 3. The minimum atomic E-state index is -0.286. The molecular formula is C23H18N6O3S2. The molecule has 0 atom stereocenters. The highest BCUT2D eigenvalue weighted by atomic mass is 32.2. The Bertz CT molecular complexity index is 1480. The number of aromatic amines is 2. The highest BCUT2D eigenvalue weighted by Gasteiger charge is 2.10. The van der Waals surface area contributed by atoms with Gasteiger partial charge in [0.25, 0.3) is 0 Å². The van der Waals surface area contributed by atoms with E-state index in [1.54, 1.807) is 18.2 Å². The van der Waals surface area contributed by atoms with Crippen molar-refractivity contribution >= 4 is 56.5 Å². The van der Waals surface area contributed by atoms with Gasteiger partial charge in [-0.3, -0.25) is 4.79 Å². The molecule has 3 aromatic carbocycles. The maximum absolute atomic E-state index is 12.3. The Hall–Kier alpha value is -4.09.